The molecule has 0 bridgehead atoms. The van der Waals surface area contributed by atoms with Crippen molar-refractivity contribution in [3.8, 4) is 17.9 Å². The highest BCUT2D eigenvalue weighted by Gasteiger charge is 2.23. The van der Waals surface area contributed by atoms with Crippen LogP contribution in [0.4, 0.5) is 0 Å². The van der Waals surface area contributed by atoms with Crippen LogP contribution in [0, 0.1) is 22.7 Å². The molecule has 1 atom stereocenters. The monoisotopic (exact) mass is 494 g/mol. The summed E-state index contributed by atoms with van der Waals surface area (Å²) in [6.07, 6.45) is 0.695. The molecule has 132 valence electrons. The molecule has 0 spiro atoms. The molecule has 0 saturated heterocycles. The summed E-state index contributed by atoms with van der Waals surface area (Å²) < 4.78 is 31.9. The van der Waals surface area contributed by atoms with E-state index in [2.05, 4.69) is 31.9 Å². The van der Waals surface area contributed by atoms with E-state index in [1.165, 1.54) is 12.1 Å². The molecular formula is C18H12Br2N2O3S. The van der Waals surface area contributed by atoms with E-state index in [0.717, 1.165) is 0 Å². The fourth-order valence-corrected chi connectivity index (χ4v) is 4.65. The van der Waals surface area contributed by atoms with Crippen molar-refractivity contribution in [1.29, 1.82) is 10.5 Å². The maximum atomic E-state index is 12.8. The Labute approximate surface area is 168 Å². The van der Waals surface area contributed by atoms with Crippen LogP contribution in [0.3, 0.4) is 0 Å². The first-order valence-corrected chi connectivity index (χ1v) is 10.3. The van der Waals surface area contributed by atoms with Crippen LogP contribution in [0.25, 0.3) is 6.08 Å². The van der Waals surface area contributed by atoms with Crippen LogP contribution in [0.1, 0.15) is 12.5 Å². The molecule has 2 aromatic carbocycles. The van der Waals surface area contributed by atoms with Gasteiger partial charge in [-0.05, 0) is 64.8 Å². The Morgan fingerprint density at radius 1 is 1.15 bits per heavy atom. The molecule has 26 heavy (non-hydrogen) atoms. The minimum absolute atomic E-state index is 0.00229. The Morgan fingerprint density at radius 2 is 1.81 bits per heavy atom. The van der Waals surface area contributed by atoms with Crippen molar-refractivity contribution in [2.24, 2.45) is 0 Å². The van der Waals surface area contributed by atoms with E-state index in [9.17, 15) is 13.7 Å². The molecule has 8 heteroatoms. The SMILES string of the molecule is CC(C#N)Oc1ccc(/C=C(/C#N)S(=O)(=O)c2cc(Br)ccc2Br)cc1. The van der Waals surface area contributed by atoms with Crippen LogP contribution in [-0.4, -0.2) is 14.5 Å². The summed E-state index contributed by atoms with van der Waals surface area (Å²) in [6, 6.07) is 14.9. The van der Waals surface area contributed by atoms with E-state index >= 15 is 0 Å². The van der Waals surface area contributed by atoms with Gasteiger partial charge in [0, 0.05) is 8.95 Å². The second-order valence-electron chi connectivity index (χ2n) is 5.16. The molecule has 0 aliphatic heterocycles. The number of ether oxygens (including phenoxy) is 1. The van der Waals surface area contributed by atoms with Crippen LogP contribution in [0.2, 0.25) is 0 Å². The number of benzene rings is 2. The zero-order valence-corrected chi connectivity index (χ0v) is 17.5. The molecule has 0 amide bonds. The molecule has 0 saturated carbocycles. The predicted octanol–water partition coefficient (Wildman–Crippen LogP) is 4.84. The summed E-state index contributed by atoms with van der Waals surface area (Å²) >= 11 is 6.44. The van der Waals surface area contributed by atoms with Crippen molar-refractivity contribution in [2.75, 3.05) is 0 Å². The molecule has 0 N–H and O–H groups in total. The molecule has 2 aromatic rings. The Kier molecular flexibility index (Phi) is 6.60. The number of hydrogen-bond donors (Lipinski definition) is 0. The highest BCUT2D eigenvalue weighted by atomic mass is 79.9. The normalized spacial score (nSPS) is 12.7. The molecule has 5 nitrogen and oxygen atoms in total. The standard InChI is InChI=1S/C18H12Br2N2O3S/c1-12(10-21)25-15-5-2-13(3-6-15)8-16(11-22)26(23,24)18-9-14(19)4-7-17(18)20/h2-9,12H,1H3/b16-8-. The Hall–Kier alpha value is -2.13. The lowest BCUT2D eigenvalue weighted by molar-refractivity contribution is 0.276. The average molecular weight is 496 g/mol. The summed E-state index contributed by atoms with van der Waals surface area (Å²) in [5.41, 5.74) is 0.521. The van der Waals surface area contributed by atoms with Crippen LogP contribution in [0.5, 0.6) is 5.75 Å². The molecule has 1 unspecified atom stereocenters. The van der Waals surface area contributed by atoms with Gasteiger partial charge in [0.2, 0.25) is 9.84 Å². The summed E-state index contributed by atoms with van der Waals surface area (Å²) in [5, 5.41) is 18.1. The summed E-state index contributed by atoms with van der Waals surface area (Å²) in [7, 11) is -3.99. The smallest absolute Gasteiger partial charge is 0.217 e. The second-order valence-corrected chi connectivity index (χ2v) is 8.81. The first-order valence-electron chi connectivity index (χ1n) is 7.26. The Bertz CT molecular complexity index is 1030. The first kappa shape index (κ1) is 20.2. The third-order valence-electron chi connectivity index (χ3n) is 3.25. The van der Waals surface area contributed by atoms with Gasteiger partial charge in [-0.25, -0.2) is 8.42 Å². The number of sulfone groups is 1. The van der Waals surface area contributed by atoms with Gasteiger partial charge in [-0.3, -0.25) is 0 Å². The van der Waals surface area contributed by atoms with Crippen LogP contribution in [-0.2, 0) is 9.84 Å². The Balaban J connectivity index is 2.40. The fraction of sp³-hybridized carbons (Fsp3) is 0.111. The van der Waals surface area contributed by atoms with Crippen LogP contribution < -0.4 is 4.74 Å². The van der Waals surface area contributed by atoms with Crippen LogP contribution >= 0.6 is 31.9 Å². The fourth-order valence-electron chi connectivity index (χ4n) is 2.00. The summed E-state index contributed by atoms with van der Waals surface area (Å²) in [4.78, 5) is -0.377. The van der Waals surface area contributed by atoms with Crippen molar-refractivity contribution >= 4 is 47.8 Å². The van der Waals surface area contributed by atoms with Crippen molar-refractivity contribution in [3.05, 3.63) is 61.9 Å². The summed E-state index contributed by atoms with van der Waals surface area (Å²) in [5.74, 6) is 0.479. The van der Waals surface area contributed by atoms with Gasteiger partial charge in [-0.2, -0.15) is 10.5 Å². The molecular weight excluding hydrogens is 484 g/mol. The predicted molar refractivity (Wildman–Crippen MR) is 105 cm³/mol. The van der Waals surface area contributed by atoms with E-state index in [0.29, 0.717) is 20.3 Å². The zero-order chi connectivity index (χ0) is 19.3. The number of nitrogens with zero attached hydrogens (tertiary/aromatic N) is 2. The van der Waals surface area contributed by atoms with Gasteiger partial charge < -0.3 is 4.74 Å². The van der Waals surface area contributed by atoms with Crippen molar-refractivity contribution in [3.63, 3.8) is 0 Å². The van der Waals surface area contributed by atoms with E-state index in [1.54, 1.807) is 49.4 Å². The van der Waals surface area contributed by atoms with Gasteiger partial charge in [0.1, 0.15) is 22.8 Å². The number of halogens is 2. The van der Waals surface area contributed by atoms with Gasteiger partial charge >= 0.3 is 0 Å². The Morgan fingerprint density at radius 3 is 2.38 bits per heavy atom. The van der Waals surface area contributed by atoms with Crippen molar-refractivity contribution in [1.82, 2.24) is 0 Å². The molecule has 0 aromatic heterocycles. The van der Waals surface area contributed by atoms with Gasteiger partial charge in [0.15, 0.2) is 6.10 Å². The van der Waals surface area contributed by atoms with Crippen molar-refractivity contribution < 1.29 is 13.2 Å². The quantitative estimate of drug-likeness (QED) is 0.553. The molecule has 0 heterocycles. The minimum Gasteiger partial charge on any atom is -0.476 e. The molecule has 0 aliphatic rings. The highest BCUT2D eigenvalue weighted by molar-refractivity contribution is 9.11. The summed E-state index contributed by atoms with van der Waals surface area (Å²) in [6.45, 7) is 1.62. The molecule has 2 rings (SSSR count). The average Bonchev–Trinajstić information content (AvgIpc) is 2.62. The van der Waals surface area contributed by atoms with Gasteiger partial charge in [0.05, 0.1) is 4.90 Å². The molecule has 0 aliphatic carbocycles. The third kappa shape index (κ3) is 4.73. The van der Waals surface area contributed by atoms with E-state index in [-0.39, 0.29) is 9.80 Å². The number of rotatable bonds is 5. The maximum Gasteiger partial charge on any atom is 0.217 e. The lowest BCUT2D eigenvalue weighted by Crippen LogP contribution is -2.07. The van der Waals surface area contributed by atoms with Gasteiger partial charge in [-0.15, -0.1) is 0 Å². The number of allylic oxidation sites excluding steroid dienone is 1. The van der Waals surface area contributed by atoms with E-state index in [4.69, 9.17) is 10.00 Å². The number of hydrogen-bond acceptors (Lipinski definition) is 5. The second kappa shape index (κ2) is 8.50. The largest absolute Gasteiger partial charge is 0.476 e. The maximum absolute atomic E-state index is 12.8. The van der Waals surface area contributed by atoms with Gasteiger partial charge in [-0.1, -0.05) is 28.1 Å². The van der Waals surface area contributed by atoms with E-state index < -0.39 is 15.9 Å². The van der Waals surface area contributed by atoms with Crippen molar-refractivity contribution in [2.45, 2.75) is 17.9 Å². The first-order chi connectivity index (χ1) is 12.3. The van der Waals surface area contributed by atoms with E-state index in [1.807, 2.05) is 6.07 Å². The topological polar surface area (TPSA) is 90.9 Å². The lowest BCUT2D eigenvalue weighted by atomic mass is 10.2. The minimum atomic E-state index is -3.99. The number of nitriles is 2. The van der Waals surface area contributed by atoms with Crippen LogP contribution in [0.15, 0.2) is 61.2 Å². The molecule has 0 radical (unpaired) electrons. The lowest BCUT2D eigenvalue weighted by Gasteiger charge is -2.08. The highest BCUT2D eigenvalue weighted by Crippen LogP contribution is 2.30. The van der Waals surface area contributed by atoms with Gasteiger partial charge in [0.25, 0.3) is 0 Å². The molecule has 0 fully saturated rings. The third-order valence-corrected chi connectivity index (χ3v) is 6.41. The zero-order valence-electron chi connectivity index (χ0n) is 13.5.